The number of nitrogens with zero attached hydrogens (tertiary/aromatic N) is 2. The zero-order valence-corrected chi connectivity index (χ0v) is 13.8. The molecule has 0 radical (unpaired) electrons. The summed E-state index contributed by atoms with van der Waals surface area (Å²) in [4.78, 5) is 11.5. The van der Waals surface area contributed by atoms with Crippen LogP contribution in [0.25, 0.3) is 10.2 Å². The van der Waals surface area contributed by atoms with Gasteiger partial charge in [0.2, 0.25) is 5.95 Å². The topological polar surface area (TPSA) is 49.8 Å². The molecule has 6 heteroatoms. The lowest BCUT2D eigenvalue weighted by Crippen LogP contribution is -2.08. The second kappa shape index (κ2) is 6.41. The molecule has 3 aromatic rings. The Morgan fingerprint density at radius 3 is 2.90 bits per heavy atom. The highest BCUT2D eigenvalue weighted by molar-refractivity contribution is 7.18. The molecule has 0 aromatic carbocycles. The number of fused-ring (bicyclic) bond motifs is 1. The van der Waals surface area contributed by atoms with Crippen molar-refractivity contribution in [2.24, 2.45) is 0 Å². The minimum absolute atomic E-state index is 0.671. The van der Waals surface area contributed by atoms with Crippen molar-refractivity contribution in [1.82, 2.24) is 9.97 Å². The molecule has 110 valence electrons. The maximum absolute atomic E-state index is 4.56. The first-order valence-corrected chi connectivity index (χ1v) is 8.79. The second-order valence-corrected chi connectivity index (χ2v) is 6.63. The fourth-order valence-corrected chi connectivity index (χ4v) is 3.82. The molecule has 3 heterocycles. The summed E-state index contributed by atoms with van der Waals surface area (Å²) in [5, 5.41) is 11.9. The normalized spacial score (nSPS) is 11.0. The number of aromatic nitrogens is 2. The van der Waals surface area contributed by atoms with E-state index in [2.05, 4.69) is 50.4 Å². The first-order valence-electron chi connectivity index (χ1n) is 7.03. The zero-order valence-electron chi connectivity index (χ0n) is 12.1. The van der Waals surface area contributed by atoms with Crippen LogP contribution in [0, 0.1) is 0 Å². The minimum Gasteiger partial charge on any atom is -0.369 e. The van der Waals surface area contributed by atoms with Crippen LogP contribution in [0.1, 0.15) is 17.4 Å². The summed E-state index contributed by atoms with van der Waals surface area (Å²) < 4.78 is 0. The van der Waals surface area contributed by atoms with Crippen LogP contribution in [0.5, 0.6) is 0 Å². The summed E-state index contributed by atoms with van der Waals surface area (Å²) in [6, 6.07) is 4.37. The number of anilines is 2. The molecule has 0 amide bonds. The van der Waals surface area contributed by atoms with Crippen molar-refractivity contribution in [2.75, 3.05) is 24.2 Å². The molecule has 4 nitrogen and oxygen atoms in total. The van der Waals surface area contributed by atoms with Crippen LogP contribution in [0.3, 0.4) is 0 Å². The fourth-order valence-electron chi connectivity index (χ4n) is 2.15. The third kappa shape index (κ3) is 3.16. The van der Waals surface area contributed by atoms with Gasteiger partial charge in [-0.1, -0.05) is 6.92 Å². The van der Waals surface area contributed by atoms with E-state index in [1.165, 1.54) is 10.4 Å². The Hall–Kier alpha value is -1.66. The first-order chi connectivity index (χ1) is 10.3. The summed E-state index contributed by atoms with van der Waals surface area (Å²) in [5.41, 5.74) is 1.37. The van der Waals surface area contributed by atoms with Gasteiger partial charge in [-0.05, 0) is 41.3 Å². The fraction of sp³-hybridized carbons (Fsp3) is 0.333. The lowest BCUT2D eigenvalue weighted by molar-refractivity contribution is 1.01. The van der Waals surface area contributed by atoms with E-state index in [9.17, 15) is 0 Å². The summed E-state index contributed by atoms with van der Waals surface area (Å²) in [5.74, 6) is 1.60. The number of thiophene rings is 2. The van der Waals surface area contributed by atoms with Crippen LogP contribution in [0.4, 0.5) is 11.8 Å². The van der Waals surface area contributed by atoms with Gasteiger partial charge in [-0.15, -0.1) is 11.3 Å². The molecule has 0 atom stereocenters. The molecule has 0 bridgehead atoms. The Morgan fingerprint density at radius 1 is 1.29 bits per heavy atom. The highest BCUT2D eigenvalue weighted by Gasteiger charge is 2.10. The SMILES string of the molecule is CCc1cc2c(NCCc3ccsc3)nc(NC)nc2s1. The van der Waals surface area contributed by atoms with Gasteiger partial charge < -0.3 is 10.6 Å². The van der Waals surface area contributed by atoms with E-state index in [0.29, 0.717) is 5.95 Å². The van der Waals surface area contributed by atoms with Crippen molar-refractivity contribution >= 4 is 44.7 Å². The lowest BCUT2D eigenvalue weighted by Gasteiger charge is -2.08. The summed E-state index contributed by atoms with van der Waals surface area (Å²) in [7, 11) is 1.85. The van der Waals surface area contributed by atoms with Crippen molar-refractivity contribution < 1.29 is 0 Å². The van der Waals surface area contributed by atoms with Gasteiger partial charge in [0.05, 0.1) is 5.39 Å². The van der Waals surface area contributed by atoms with E-state index in [1.807, 2.05) is 7.05 Å². The molecule has 0 aliphatic carbocycles. The Kier molecular flexibility index (Phi) is 4.36. The maximum atomic E-state index is 4.56. The Morgan fingerprint density at radius 2 is 2.19 bits per heavy atom. The molecule has 0 fully saturated rings. The van der Waals surface area contributed by atoms with Crippen molar-refractivity contribution in [3.8, 4) is 0 Å². The van der Waals surface area contributed by atoms with Gasteiger partial charge in [0.25, 0.3) is 0 Å². The van der Waals surface area contributed by atoms with Crippen LogP contribution in [0.2, 0.25) is 0 Å². The number of aryl methyl sites for hydroxylation is 1. The number of rotatable bonds is 6. The van der Waals surface area contributed by atoms with E-state index in [-0.39, 0.29) is 0 Å². The Bertz CT molecular complexity index is 719. The molecule has 0 spiro atoms. The third-order valence-corrected chi connectivity index (χ3v) is 5.21. The molecule has 0 unspecified atom stereocenters. The summed E-state index contributed by atoms with van der Waals surface area (Å²) >= 11 is 3.48. The van der Waals surface area contributed by atoms with Crippen molar-refractivity contribution in [3.63, 3.8) is 0 Å². The van der Waals surface area contributed by atoms with Crippen LogP contribution in [0.15, 0.2) is 22.9 Å². The summed E-state index contributed by atoms with van der Waals surface area (Å²) in [6.07, 6.45) is 2.04. The van der Waals surface area contributed by atoms with Gasteiger partial charge in [0.1, 0.15) is 10.6 Å². The highest BCUT2D eigenvalue weighted by Crippen LogP contribution is 2.30. The molecule has 3 aromatic heterocycles. The van der Waals surface area contributed by atoms with Gasteiger partial charge in [0.15, 0.2) is 0 Å². The van der Waals surface area contributed by atoms with E-state index >= 15 is 0 Å². The average Bonchev–Trinajstić information content (AvgIpc) is 3.15. The quantitative estimate of drug-likeness (QED) is 0.721. The minimum atomic E-state index is 0.671. The molecule has 0 aliphatic heterocycles. The lowest BCUT2D eigenvalue weighted by atomic mass is 10.2. The number of hydrogen-bond donors (Lipinski definition) is 2. The van der Waals surface area contributed by atoms with Gasteiger partial charge in [-0.3, -0.25) is 0 Å². The van der Waals surface area contributed by atoms with Crippen molar-refractivity contribution in [1.29, 1.82) is 0 Å². The smallest absolute Gasteiger partial charge is 0.225 e. The van der Waals surface area contributed by atoms with Gasteiger partial charge in [0, 0.05) is 18.5 Å². The number of nitrogens with one attached hydrogen (secondary N) is 2. The van der Waals surface area contributed by atoms with E-state index in [4.69, 9.17) is 0 Å². The number of hydrogen-bond acceptors (Lipinski definition) is 6. The highest BCUT2D eigenvalue weighted by atomic mass is 32.1. The van der Waals surface area contributed by atoms with Gasteiger partial charge >= 0.3 is 0 Å². The standard InChI is InChI=1S/C15H18N4S2/c1-3-11-8-12-13(17-6-4-10-5-7-20-9-10)18-15(16-2)19-14(12)21-11/h5,7-9H,3-4,6H2,1-2H3,(H2,16,17,18,19). The third-order valence-electron chi connectivity index (χ3n) is 3.30. The monoisotopic (exact) mass is 318 g/mol. The van der Waals surface area contributed by atoms with Crippen LogP contribution >= 0.6 is 22.7 Å². The molecule has 3 rings (SSSR count). The predicted octanol–water partition coefficient (Wildman–Crippen LogP) is 4.01. The van der Waals surface area contributed by atoms with Crippen LogP contribution < -0.4 is 10.6 Å². The van der Waals surface area contributed by atoms with Crippen LogP contribution in [-0.2, 0) is 12.8 Å². The average molecular weight is 318 g/mol. The van der Waals surface area contributed by atoms with E-state index < -0.39 is 0 Å². The van der Waals surface area contributed by atoms with E-state index in [0.717, 1.165) is 35.4 Å². The molecule has 21 heavy (non-hydrogen) atoms. The molecular weight excluding hydrogens is 300 g/mol. The Balaban J connectivity index is 1.83. The molecule has 2 N–H and O–H groups in total. The zero-order chi connectivity index (χ0) is 14.7. The molecular formula is C15H18N4S2. The van der Waals surface area contributed by atoms with Crippen molar-refractivity contribution in [2.45, 2.75) is 19.8 Å². The second-order valence-electron chi connectivity index (χ2n) is 4.74. The molecule has 0 saturated carbocycles. The maximum Gasteiger partial charge on any atom is 0.225 e. The molecule has 0 saturated heterocycles. The first kappa shape index (κ1) is 14.3. The Labute approximate surface area is 132 Å². The van der Waals surface area contributed by atoms with Crippen LogP contribution in [-0.4, -0.2) is 23.6 Å². The van der Waals surface area contributed by atoms with Gasteiger partial charge in [-0.2, -0.15) is 16.3 Å². The largest absolute Gasteiger partial charge is 0.369 e. The van der Waals surface area contributed by atoms with Crippen molar-refractivity contribution in [3.05, 3.63) is 33.3 Å². The molecule has 0 aliphatic rings. The predicted molar refractivity (Wildman–Crippen MR) is 92.9 cm³/mol. The summed E-state index contributed by atoms with van der Waals surface area (Å²) in [6.45, 7) is 3.05. The van der Waals surface area contributed by atoms with E-state index in [1.54, 1.807) is 22.7 Å². The van der Waals surface area contributed by atoms with Gasteiger partial charge in [-0.25, -0.2) is 4.98 Å².